The molecule has 2 rings (SSSR count). The fraction of sp³-hybridized carbons (Fsp3) is 0.417. The van der Waals surface area contributed by atoms with E-state index in [1.54, 1.807) is 31.4 Å². The average Bonchev–Trinajstić information content (AvgIpc) is 2.82. The number of carbonyl (C=O) groups is 1. The highest BCUT2D eigenvalue weighted by molar-refractivity contribution is 5.84. The zero-order valence-corrected chi connectivity index (χ0v) is 9.73. The van der Waals surface area contributed by atoms with Crippen LogP contribution in [0.15, 0.2) is 24.3 Å². The first-order valence-electron chi connectivity index (χ1n) is 5.60. The predicted molar refractivity (Wildman–Crippen MR) is 64.4 cm³/mol. The van der Waals surface area contributed by atoms with Crippen molar-refractivity contribution >= 4 is 11.8 Å². The number of methoxy groups -OCH3 is 1. The van der Waals surface area contributed by atoms with Crippen molar-refractivity contribution in [3.63, 3.8) is 0 Å². The third kappa shape index (κ3) is 3.35. The van der Waals surface area contributed by atoms with Gasteiger partial charge in [0, 0.05) is 12.2 Å². The molecule has 0 aromatic heterocycles. The lowest BCUT2D eigenvalue weighted by Crippen LogP contribution is -2.24. The Morgan fingerprint density at radius 1 is 1.41 bits per heavy atom. The molecule has 5 heteroatoms. The van der Waals surface area contributed by atoms with Gasteiger partial charge in [0.15, 0.2) is 0 Å². The van der Waals surface area contributed by atoms with Crippen LogP contribution in [0, 0.1) is 0 Å². The van der Waals surface area contributed by atoms with Crippen LogP contribution in [0.1, 0.15) is 6.42 Å². The van der Waals surface area contributed by atoms with Crippen molar-refractivity contribution in [1.29, 1.82) is 0 Å². The van der Waals surface area contributed by atoms with Gasteiger partial charge in [-0.15, -0.1) is 0 Å². The molecular formula is C12H16N2O3. The van der Waals surface area contributed by atoms with Crippen molar-refractivity contribution < 1.29 is 14.3 Å². The Morgan fingerprint density at radius 2 is 2.18 bits per heavy atom. The SMILES string of the molecule is COc1ccc(NC(=O)OC2CCNC2)cc1. The summed E-state index contributed by atoms with van der Waals surface area (Å²) in [4.78, 5) is 11.5. The van der Waals surface area contributed by atoms with Crippen molar-refractivity contribution in [2.45, 2.75) is 12.5 Å². The number of ether oxygens (including phenoxy) is 2. The van der Waals surface area contributed by atoms with Crippen LogP contribution >= 0.6 is 0 Å². The van der Waals surface area contributed by atoms with Gasteiger partial charge in [0.25, 0.3) is 0 Å². The highest BCUT2D eigenvalue weighted by atomic mass is 16.6. The van der Waals surface area contributed by atoms with E-state index in [1.807, 2.05) is 0 Å². The molecule has 1 aliphatic heterocycles. The fourth-order valence-electron chi connectivity index (χ4n) is 1.70. The molecule has 0 bridgehead atoms. The zero-order chi connectivity index (χ0) is 12.1. The first kappa shape index (κ1) is 11.7. The van der Waals surface area contributed by atoms with Crippen molar-refractivity contribution in [2.75, 3.05) is 25.5 Å². The van der Waals surface area contributed by atoms with Crippen molar-refractivity contribution in [3.05, 3.63) is 24.3 Å². The standard InChI is InChI=1S/C12H16N2O3/c1-16-10-4-2-9(3-5-10)14-12(15)17-11-6-7-13-8-11/h2-5,11,13H,6-8H2,1H3,(H,14,15). The van der Waals surface area contributed by atoms with Gasteiger partial charge in [-0.25, -0.2) is 4.79 Å². The van der Waals surface area contributed by atoms with E-state index in [-0.39, 0.29) is 6.10 Å². The van der Waals surface area contributed by atoms with E-state index in [9.17, 15) is 4.79 Å². The van der Waals surface area contributed by atoms with E-state index in [0.717, 1.165) is 25.3 Å². The lowest BCUT2D eigenvalue weighted by Gasteiger charge is -2.11. The molecule has 2 N–H and O–H groups in total. The van der Waals surface area contributed by atoms with Gasteiger partial charge in [-0.2, -0.15) is 0 Å². The van der Waals surface area contributed by atoms with Crippen LogP contribution in [-0.4, -0.2) is 32.4 Å². The van der Waals surface area contributed by atoms with Gasteiger partial charge in [0.05, 0.1) is 7.11 Å². The number of hydrogen-bond donors (Lipinski definition) is 2. The molecule has 1 unspecified atom stereocenters. The number of hydrogen-bond acceptors (Lipinski definition) is 4. The van der Waals surface area contributed by atoms with Gasteiger partial charge in [0.1, 0.15) is 11.9 Å². The summed E-state index contributed by atoms with van der Waals surface area (Å²) in [5, 5.41) is 5.81. The maximum absolute atomic E-state index is 11.5. The van der Waals surface area contributed by atoms with Crippen molar-refractivity contribution in [1.82, 2.24) is 5.32 Å². The Hall–Kier alpha value is -1.75. The Morgan fingerprint density at radius 3 is 2.76 bits per heavy atom. The molecule has 1 fully saturated rings. The minimum atomic E-state index is -0.413. The molecule has 1 aliphatic rings. The Kier molecular flexibility index (Phi) is 3.82. The van der Waals surface area contributed by atoms with Crippen LogP contribution in [-0.2, 0) is 4.74 Å². The molecule has 17 heavy (non-hydrogen) atoms. The van der Waals surface area contributed by atoms with Gasteiger partial charge in [0.2, 0.25) is 0 Å². The normalized spacial score (nSPS) is 18.8. The second-order valence-corrected chi connectivity index (χ2v) is 3.87. The Bertz CT molecular complexity index is 372. The Balaban J connectivity index is 1.84. The fourth-order valence-corrected chi connectivity index (χ4v) is 1.70. The highest BCUT2D eigenvalue weighted by Crippen LogP contribution is 2.15. The minimum Gasteiger partial charge on any atom is -0.497 e. The lowest BCUT2D eigenvalue weighted by molar-refractivity contribution is 0.121. The maximum atomic E-state index is 11.5. The quantitative estimate of drug-likeness (QED) is 0.837. The number of nitrogens with one attached hydrogen (secondary N) is 2. The third-order valence-corrected chi connectivity index (χ3v) is 2.63. The maximum Gasteiger partial charge on any atom is 0.411 e. The molecule has 1 amide bonds. The van der Waals surface area contributed by atoms with E-state index in [1.165, 1.54) is 0 Å². The predicted octanol–water partition coefficient (Wildman–Crippen LogP) is 1.61. The van der Waals surface area contributed by atoms with E-state index in [4.69, 9.17) is 9.47 Å². The molecule has 1 saturated heterocycles. The first-order valence-corrected chi connectivity index (χ1v) is 5.60. The Labute approximate surface area is 100 Å². The third-order valence-electron chi connectivity index (χ3n) is 2.63. The van der Waals surface area contributed by atoms with Crippen LogP contribution in [0.25, 0.3) is 0 Å². The summed E-state index contributed by atoms with van der Waals surface area (Å²) in [5.41, 5.74) is 0.696. The van der Waals surface area contributed by atoms with Crippen molar-refractivity contribution in [3.8, 4) is 5.75 Å². The largest absolute Gasteiger partial charge is 0.497 e. The molecular weight excluding hydrogens is 220 g/mol. The van der Waals surface area contributed by atoms with E-state index < -0.39 is 6.09 Å². The number of benzene rings is 1. The molecule has 0 aliphatic carbocycles. The number of carbonyl (C=O) groups excluding carboxylic acids is 1. The van der Waals surface area contributed by atoms with Crippen LogP contribution in [0.2, 0.25) is 0 Å². The highest BCUT2D eigenvalue weighted by Gasteiger charge is 2.18. The molecule has 1 atom stereocenters. The summed E-state index contributed by atoms with van der Waals surface area (Å²) in [6.07, 6.45) is 0.438. The topological polar surface area (TPSA) is 59.6 Å². The second-order valence-electron chi connectivity index (χ2n) is 3.87. The molecule has 0 radical (unpaired) electrons. The van der Waals surface area contributed by atoms with Crippen LogP contribution in [0.5, 0.6) is 5.75 Å². The van der Waals surface area contributed by atoms with E-state index in [0.29, 0.717) is 5.69 Å². The van der Waals surface area contributed by atoms with Crippen LogP contribution < -0.4 is 15.4 Å². The molecule has 0 spiro atoms. The first-order chi connectivity index (χ1) is 8.28. The van der Waals surface area contributed by atoms with Crippen LogP contribution in [0.4, 0.5) is 10.5 Å². The van der Waals surface area contributed by atoms with Crippen LogP contribution in [0.3, 0.4) is 0 Å². The summed E-state index contributed by atoms with van der Waals surface area (Å²) >= 11 is 0. The minimum absolute atomic E-state index is 0.0201. The number of amides is 1. The second kappa shape index (κ2) is 5.54. The van der Waals surface area contributed by atoms with Gasteiger partial charge in [-0.05, 0) is 37.2 Å². The molecule has 5 nitrogen and oxygen atoms in total. The smallest absolute Gasteiger partial charge is 0.411 e. The number of anilines is 1. The number of rotatable bonds is 3. The summed E-state index contributed by atoms with van der Waals surface area (Å²) in [7, 11) is 1.60. The summed E-state index contributed by atoms with van der Waals surface area (Å²) < 4.78 is 10.3. The van der Waals surface area contributed by atoms with Gasteiger partial charge >= 0.3 is 6.09 Å². The molecule has 1 aromatic carbocycles. The lowest BCUT2D eigenvalue weighted by atomic mass is 10.3. The summed E-state index contributed by atoms with van der Waals surface area (Å²) in [5.74, 6) is 0.754. The average molecular weight is 236 g/mol. The molecule has 0 saturated carbocycles. The van der Waals surface area contributed by atoms with E-state index in [2.05, 4.69) is 10.6 Å². The van der Waals surface area contributed by atoms with Crippen molar-refractivity contribution in [2.24, 2.45) is 0 Å². The van der Waals surface area contributed by atoms with Gasteiger partial charge in [-0.3, -0.25) is 5.32 Å². The van der Waals surface area contributed by atoms with E-state index >= 15 is 0 Å². The molecule has 92 valence electrons. The zero-order valence-electron chi connectivity index (χ0n) is 9.73. The summed E-state index contributed by atoms with van der Waals surface area (Å²) in [6.45, 7) is 1.64. The summed E-state index contributed by atoms with van der Waals surface area (Å²) in [6, 6.07) is 7.11. The van der Waals surface area contributed by atoms with Gasteiger partial charge in [-0.1, -0.05) is 0 Å². The monoisotopic (exact) mass is 236 g/mol. The van der Waals surface area contributed by atoms with Gasteiger partial charge < -0.3 is 14.8 Å². The molecule has 1 heterocycles. The molecule has 1 aromatic rings.